The minimum Gasteiger partial charge on any atom is -0.549 e. The number of hydrogen-bond donors (Lipinski definition) is 0. The number of rotatable bonds is 7. The standard InChI is InChI=1S/C29H24N2O2S4/c1-20-10-11-24-22(18-20)30(16-17-35-19-28(32)33)26(36-24)8-6-4-3-5-7-9-27-31-15-14-21-23(34-2)12-13-25(37-27)29(21)31/h3-13,18H,14-15,19H2,1-2H3. The Hall–Kier alpha value is -2.83. The van der Waals surface area contributed by atoms with Crippen molar-refractivity contribution in [2.45, 2.75) is 29.7 Å². The Morgan fingerprint density at radius 1 is 1.19 bits per heavy atom. The summed E-state index contributed by atoms with van der Waals surface area (Å²) >= 11 is 6.36. The van der Waals surface area contributed by atoms with Crippen LogP contribution in [0.1, 0.15) is 16.1 Å². The number of aromatic nitrogens is 1. The van der Waals surface area contributed by atoms with Crippen LogP contribution < -0.4 is 14.6 Å². The molecule has 0 spiro atoms. The summed E-state index contributed by atoms with van der Waals surface area (Å²) in [6.45, 7) is 3.10. The van der Waals surface area contributed by atoms with Gasteiger partial charge in [-0.1, -0.05) is 71.3 Å². The maximum absolute atomic E-state index is 10.7. The van der Waals surface area contributed by atoms with Crippen molar-refractivity contribution in [3.8, 4) is 11.3 Å². The number of fused-ring (bicyclic) bond motifs is 1. The van der Waals surface area contributed by atoms with Gasteiger partial charge in [0.2, 0.25) is 5.52 Å². The van der Waals surface area contributed by atoms with Crippen LogP contribution in [0.4, 0.5) is 5.69 Å². The average molecular weight is 561 g/mol. The van der Waals surface area contributed by atoms with E-state index in [0.717, 1.165) is 45.9 Å². The van der Waals surface area contributed by atoms with E-state index < -0.39 is 5.97 Å². The molecule has 3 aromatic rings. The lowest BCUT2D eigenvalue weighted by Gasteiger charge is -2.11. The Morgan fingerprint density at radius 2 is 2.03 bits per heavy atom. The number of allylic oxidation sites excluding steroid dienone is 6. The van der Waals surface area contributed by atoms with Crippen LogP contribution in [0.2, 0.25) is 0 Å². The van der Waals surface area contributed by atoms with Crippen LogP contribution in [-0.2, 0) is 17.8 Å². The molecule has 0 saturated carbocycles. The van der Waals surface area contributed by atoms with E-state index in [1.165, 1.54) is 25.7 Å². The summed E-state index contributed by atoms with van der Waals surface area (Å²) in [5.41, 5.74) is 5.07. The van der Waals surface area contributed by atoms with Gasteiger partial charge in [0.05, 0.1) is 16.7 Å². The van der Waals surface area contributed by atoms with Gasteiger partial charge in [-0.3, -0.25) is 4.90 Å². The van der Waals surface area contributed by atoms with E-state index in [0.29, 0.717) is 0 Å². The largest absolute Gasteiger partial charge is 0.549 e. The normalized spacial score (nSPS) is 15.5. The first kappa shape index (κ1) is 25.8. The van der Waals surface area contributed by atoms with E-state index in [-0.39, 0.29) is 5.75 Å². The molecule has 0 radical (unpaired) electrons. The molecule has 0 bridgehead atoms. The molecule has 5 rings (SSSR count). The second-order valence-corrected chi connectivity index (χ2v) is 12.1. The van der Waals surface area contributed by atoms with Crippen molar-refractivity contribution in [3.63, 3.8) is 0 Å². The smallest absolute Gasteiger partial charge is 0.262 e. The number of carbonyl (C=O) groups is 1. The van der Waals surface area contributed by atoms with Gasteiger partial charge in [0.15, 0.2) is 6.54 Å². The Kier molecular flexibility index (Phi) is 8.16. The van der Waals surface area contributed by atoms with Crippen LogP contribution in [0.3, 0.4) is 0 Å². The van der Waals surface area contributed by atoms with Crippen molar-refractivity contribution in [1.82, 2.24) is 0 Å². The molecule has 1 aromatic heterocycles. The van der Waals surface area contributed by atoms with Crippen molar-refractivity contribution in [1.29, 1.82) is 0 Å². The van der Waals surface area contributed by atoms with E-state index in [4.69, 9.17) is 0 Å². The lowest BCUT2D eigenvalue weighted by molar-refractivity contribution is -0.661. The van der Waals surface area contributed by atoms with Crippen molar-refractivity contribution in [2.24, 2.45) is 0 Å². The van der Waals surface area contributed by atoms with Gasteiger partial charge in [-0.05, 0) is 54.3 Å². The maximum atomic E-state index is 10.7. The first-order valence-electron chi connectivity index (χ1n) is 11.7. The summed E-state index contributed by atoms with van der Waals surface area (Å²) in [5, 5.41) is 15.8. The number of carboxylic acids is 1. The number of carbonyl (C=O) groups excluding carboxylic acids is 1. The molecular weight excluding hydrogens is 537 g/mol. The quantitative estimate of drug-likeness (QED) is 0.159. The summed E-state index contributed by atoms with van der Waals surface area (Å²) in [5.74, 6) is -1.26. The maximum Gasteiger partial charge on any atom is 0.262 e. The van der Waals surface area contributed by atoms with Crippen LogP contribution in [-0.4, -0.2) is 18.0 Å². The first-order valence-corrected chi connectivity index (χ1v) is 15.5. The van der Waals surface area contributed by atoms with E-state index in [1.54, 1.807) is 11.8 Å². The number of hydrogen-bond acceptors (Lipinski definition) is 7. The number of benzene rings is 2. The number of aliphatic carboxylic acids is 1. The molecule has 0 saturated heterocycles. The lowest BCUT2D eigenvalue weighted by atomic mass is 10.2. The van der Waals surface area contributed by atoms with Gasteiger partial charge in [0.25, 0.3) is 5.01 Å². The fourth-order valence-corrected chi connectivity index (χ4v) is 7.41. The van der Waals surface area contributed by atoms with Gasteiger partial charge in [-0.2, -0.15) is 4.57 Å². The van der Waals surface area contributed by atoms with Gasteiger partial charge in [0.1, 0.15) is 4.70 Å². The second kappa shape index (κ2) is 11.7. The molecule has 0 N–H and O–H groups in total. The molecule has 0 fully saturated rings. The molecule has 0 unspecified atom stereocenters. The summed E-state index contributed by atoms with van der Waals surface area (Å²) in [6.07, 6.45) is 17.6. The van der Waals surface area contributed by atoms with E-state index in [9.17, 15) is 9.90 Å². The highest BCUT2D eigenvalue weighted by atomic mass is 32.2. The average Bonchev–Trinajstić information content (AvgIpc) is 3.57. The minimum absolute atomic E-state index is 0.145. The molecular formula is C29H24N2O2S4. The third-order valence-corrected chi connectivity index (χ3v) is 9.54. The molecule has 2 aromatic carbocycles. The fraction of sp³-hybridized carbons (Fsp3) is 0.172. The number of aryl methyl sites for hydroxylation is 3. The predicted molar refractivity (Wildman–Crippen MR) is 158 cm³/mol. The van der Waals surface area contributed by atoms with E-state index in [2.05, 4.69) is 64.6 Å². The van der Waals surface area contributed by atoms with Crippen LogP contribution in [0.25, 0.3) is 16.3 Å². The van der Waals surface area contributed by atoms with Gasteiger partial charge >= 0.3 is 0 Å². The molecule has 0 aliphatic carbocycles. The highest BCUT2D eigenvalue weighted by Gasteiger charge is 2.29. The Balaban J connectivity index is 1.27. The number of carboxylic acid groups (broad SMARTS) is 1. The van der Waals surface area contributed by atoms with E-state index in [1.807, 2.05) is 65.3 Å². The zero-order valence-electron chi connectivity index (χ0n) is 20.4. The van der Waals surface area contributed by atoms with Crippen molar-refractivity contribution >= 4 is 74.6 Å². The highest BCUT2D eigenvalue weighted by molar-refractivity contribution is 8.04. The molecule has 2 aliphatic heterocycles. The van der Waals surface area contributed by atoms with Crippen LogP contribution >= 0.6 is 46.6 Å². The Labute approximate surface area is 233 Å². The number of nitrogens with zero attached hydrogens (tertiary/aromatic N) is 2. The van der Waals surface area contributed by atoms with Crippen molar-refractivity contribution < 1.29 is 14.5 Å². The Morgan fingerprint density at radius 3 is 2.86 bits per heavy atom. The predicted octanol–water partition coefficient (Wildman–Crippen LogP) is 5.76. The van der Waals surface area contributed by atoms with Gasteiger partial charge in [0, 0.05) is 39.6 Å². The zero-order valence-corrected chi connectivity index (χ0v) is 23.7. The highest BCUT2D eigenvalue weighted by Crippen LogP contribution is 2.46. The summed E-state index contributed by atoms with van der Waals surface area (Å²) in [7, 11) is 0. The van der Waals surface area contributed by atoms with Crippen molar-refractivity contribution in [2.75, 3.05) is 16.9 Å². The molecule has 4 nitrogen and oxygen atoms in total. The summed E-state index contributed by atoms with van der Waals surface area (Å²) < 4.78 is 3.80. The molecule has 0 atom stereocenters. The molecule has 3 heterocycles. The van der Waals surface area contributed by atoms with E-state index >= 15 is 0 Å². The summed E-state index contributed by atoms with van der Waals surface area (Å²) in [4.78, 5) is 15.1. The third kappa shape index (κ3) is 5.70. The molecule has 2 aliphatic rings. The molecule has 8 heteroatoms. The Bertz CT molecular complexity index is 1550. The zero-order chi connectivity index (χ0) is 25.8. The van der Waals surface area contributed by atoms with Crippen molar-refractivity contribution in [3.05, 3.63) is 88.0 Å². The third-order valence-electron chi connectivity index (χ3n) is 5.89. The first-order chi connectivity index (χ1) is 18.0. The summed E-state index contributed by atoms with van der Waals surface area (Å²) in [6, 6.07) is 13.9. The molecule has 0 amide bonds. The van der Waals surface area contributed by atoms with Crippen LogP contribution in [0.5, 0.6) is 0 Å². The van der Waals surface area contributed by atoms with Gasteiger partial charge < -0.3 is 9.90 Å². The SMILES string of the molecule is CSc1ccc2sc(/C=C/C=C/C=C/C=C3\Sc4ccc(C)cc4N3C#CSCC(=O)[O-])[n+]3c2c1CC3. The monoisotopic (exact) mass is 560 g/mol. The fourth-order valence-electron chi connectivity index (χ4n) is 4.29. The number of thioether (sulfide) groups is 3. The minimum atomic E-state index is -1.12. The van der Waals surface area contributed by atoms with Crippen LogP contribution in [0.15, 0.2) is 81.6 Å². The molecule has 37 heavy (non-hydrogen) atoms. The lowest BCUT2D eigenvalue weighted by Crippen LogP contribution is -2.31. The number of thiazole rings is 1. The number of anilines is 1. The van der Waals surface area contributed by atoms with Gasteiger partial charge in [-0.25, -0.2) is 0 Å². The second-order valence-electron chi connectivity index (χ2n) is 8.35. The van der Waals surface area contributed by atoms with Gasteiger partial charge in [-0.15, -0.1) is 11.8 Å². The molecule has 186 valence electrons. The van der Waals surface area contributed by atoms with Crippen LogP contribution in [0, 0.1) is 18.2 Å². The topological polar surface area (TPSA) is 47.3 Å².